The van der Waals surface area contributed by atoms with Gasteiger partial charge in [0.05, 0.1) is 6.08 Å². The fourth-order valence-corrected chi connectivity index (χ4v) is 4.67. The Balaban J connectivity index is 1.42. The molecule has 0 saturated heterocycles. The zero-order valence-electron chi connectivity index (χ0n) is 12.8. The van der Waals surface area contributed by atoms with Crippen molar-refractivity contribution >= 4 is 5.97 Å². The Kier molecular flexibility index (Phi) is 4.48. The van der Waals surface area contributed by atoms with Crippen LogP contribution in [0.15, 0.2) is 11.8 Å². The maximum atomic E-state index is 10.8. The van der Waals surface area contributed by atoms with Crippen molar-refractivity contribution in [3.05, 3.63) is 11.8 Å². The molecule has 0 radical (unpaired) electrons. The smallest absolute Gasteiger partial charge is 0.339 e. The van der Waals surface area contributed by atoms with E-state index >= 15 is 0 Å². The van der Waals surface area contributed by atoms with Gasteiger partial charge in [-0.25, -0.2) is 4.79 Å². The van der Waals surface area contributed by atoms with Crippen LogP contribution in [0.25, 0.3) is 0 Å². The number of rotatable bonds is 4. The zero-order valence-corrected chi connectivity index (χ0v) is 12.8. The summed E-state index contributed by atoms with van der Waals surface area (Å²) in [5.74, 6) is 4.33. The average Bonchev–Trinajstić information content (AvgIpc) is 2.46. The fourth-order valence-electron chi connectivity index (χ4n) is 4.67. The minimum Gasteiger partial charge on any atom is -0.427 e. The van der Waals surface area contributed by atoms with Crippen molar-refractivity contribution < 1.29 is 9.53 Å². The molecule has 112 valence electrons. The van der Waals surface area contributed by atoms with Crippen molar-refractivity contribution in [1.29, 1.82) is 0 Å². The Hall–Kier alpha value is -0.790. The van der Waals surface area contributed by atoms with Crippen LogP contribution in [0.4, 0.5) is 0 Å². The van der Waals surface area contributed by atoms with Gasteiger partial charge in [0.2, 0.25) is 0 Å². The number of allylic oxidation sites excluding steroid dienone is 1. The van der Waals surface area contributed by atoms with E-state index in [0.29, 0.717) is 5.92 Å². The molecule has 2 fully saturated rings. The van der Waals surface area contributed by atoms with Gasteiger partial charge < -0.3 is 4.74 Å². The molecular weight excluding hydrogens is 248 g/mol. The molecule has 20 heavy (non-hydrogen) atoms. The first-order valence-electron chi connectivity index (χ1n) is 8.69. The highest BCUT2D eigenvalue weighted by Gasteiger charge is 2.34. The van der Waals surface area contributed by atoms with Gasteiger partial charge >= 0.3 is 5.97 Å². The molecule has 0 N–H and O–H groups in total. The number of carbonyl (C=O) groups is 1. The fraction of sp³-hybridized carbons (Fsp3) is 0.833. The molecule has 2 heteroatoms. The van der Waals surface area contributed by atoms with Crippen molar-refractivity contribution in [1.82, 2.24) is 0 Å². The lowest BCUT2D eigenvalue weighted by Crippen LogP contribution is -2.28. The highest BCUT2D eigenvalue weighted by Crippen LogP contribution is 2.44. The number of hydrogen-bond acceptors (Lipinski definition) is 2. The van der Waals surface area contributed by atoms with Gasteiger partial charge in [0.15, 0.2) is 0 Å². The minimum absolute atomic E-state index is 0.142. The van der Waals surface area contributed by atoms with Gasteiger partial charge in [0.1, 0.15) is 5.76 Å². The SMILES string of the molecule is CCCC1CCC(C2CCC(C3=CC(=O)O3)CC2)CC1. The molecule has 0 bridgehead atoms. The third-order valence-corrected chi connectivity index (χ3v) is 5.91. The number of carbonyl (C=O) groups excluding carboxylic acids is 1. The molecule has 2 nitrogen and oxygen atoms in total. The number of ether oxygens (including phenoxy) is 1. The second-order valence-corrected chi connectivity index (χ2v) is 7.15. The molecule has 3 aliphatic rings. The second kappa shape index (κ2) is 6.32. The Morgan fingerprint density at radius 3 is 2.05 bits per heavy atom. The summed E-state index contributed by atoms with van der Waals surface area (Å²) < 4.78 is 5.12. The normalized spacial score (nSPS) is 37.9. The van der Waals surface area contributed by atoms with E-state index in [1.54, 1.807) is 6.08 Å². The third-order valence-electron chi connectivity index (χ3n) is 5.91. The molecule has 0 aromatic rings. The lowest BCUT2D eigenvalue weighted by molar-refractivity contribution is -0.140. The van der Waals surface area contributed by atoms with Gasteiger partial charge in [0, 0.05) is 5.92 Å². The summed E-state index contributed by atoms with van der Waals surface area (Å²) >= 11 is 0. The van der Waals surface area contributed by atoms with E-state index in [2.05, 4.69) is 6.92 Å². The van der Waals surface area contributed by atoms with Crippen LogP contribution in [0.5, 0.6) is 0 Å². The van der Waals surface area contributed by atoms with Gasteiger partial charge in [-0.3, -0.25) is 0 Å². The largest absolute Gasteiger partial charge is 0.427 e. The van der Waals surface area contributed by atoms with Gasteiger partial charge in [0.25, 0.3) is 0 Å². The Morgan fingerprint density at radius 2 is 1.55 bits per heavy atom. The maximum absolute atomic E-state index is 10.8. The molecule has 0 aromatic heterocycles. The van der Waals surface area contributed by atoms with Crippen molar-refractivity contribution in [2.45, 2.75) is 71.1 Å². The molecule has 1 aliphatic heterocycles. The van der Waals surface area contributed by atoms with Crippen LogP contribution in [0.1, 0.15) is 71.1 Å². The number of cyclic esters (lactones) is 1. The van der Waals surface area contributed by atoms with E-state index in [9.17, 15) is 4.79 Å². The van der Waals surface area contributed by atoms with Crippen molar-refractivity contribution in [2.75, 3.05) is 0 Å². The molecule has 2 aliphatic carbocycles. The van der Waals surface area contributed by atoms with Crippen molar-refractivity contribution in [3.8, 4) is 0 Å². The van der Waals surface area contributed by atoms with Crippen molar-refractivity contribution in [3.63, 3.8) is 0 Å². The highest BCUT2D eigenvalue weighted by molar-refractivity contribution is 5.88. The monoisotopic (exact) mass is 276 g/mol. The summed E-state index contributed by atoms with van der Waals surface area (Å²) in [7, 11) is 0. The van der Waals surface area contributed by atoms with Crippen LogP contribution < -0.4 is 0 Å². The van der Waals surface area contributed by atoms with Crippen LogP contribution in [-0.4, -0.2) is 5.97 Å². The second-order valence-electron chi connectivity index (χ2n) is 7.15. The van der Waals surface area contributed by atoms with E-state index in [0.717, 1.165) is 23.5 Å². The summed E-state index contributed by atoms with van der Waals surface area (Å²) in [5, 5.41) is 0. The quantitative estimate of drug-likeness (QED) is 0.687. The summed E-state index contributed by atoms with van der Waals surface area (Å²) in [6.45, 7) is 2.31. The standard InChI is InChI=1S/C18H28O2/c1-2-3-13-4-6-14(7-5-13)15-8-10-16(11-9-15)17-12-18(19)20-17/h12-16H,2-11H2,1H3. The number of hydrogen-bond donors (Lipinski definition) is 0. The van der Waals surface area contributed by atoms with Crippen molar-refractivity contribution in [2.24, 2.45) is 23.7 Å². The summed E-state index contributed by atoms with van der Waals surface area (Å²) in [6, 6.07) is 0. The summed E-state index contributed by atoms with van der Waals surface area (Å²) in [6.07, 6.45) is 15.6. The molecular formula is C18H28O2. The third kappa shape index (κ3) is 3.10. The van der Waals surface area contributed by atoms with Crippen LogP contribution in [0.2, 0.25) is 0 Å². The average molecular weight is 276 g/mol. The van der Waals surface area contributed by atoms with Crippen LogP contribution in [0.3, 0.4) is 0 Å². The summed E-state index contributed by atoms with van der Waals surface area (Å²) in [5.41, 5.74) is 0. The molecule has 0 unspecified atom stereocenters. The number of esters is 1. The maximum Gasteiger partial charge on any atom is 0.339 e. The van der Waals surface area contributed by atoms with E-state index in [1.807, 2.05) is 0 Å². The first-order valence-corrected chi connectivity index (χ1v) is 8.69. The first-order chi connectivity index (χ1) is 9.76. The van der Waals surface area contributed by atoms with Gasteiger partial charge in [-0.15, -0.1) is 0 Å². The van der Waals surface area contributed by atoms with E-state index < -0.39 is 0 Å². The lowest BCUT2D eigenvalue weighted by Gasteiger charge is -2.38. The summed E-state index contributed by atoms with van der Waals surface area (Å²) in [4.78, 5) is 10.8. The molecule has 3 rings (SSSR count). The Bertz CT molecular complexity index is 369. The van der Waals surface area contributed by atoms with Gasteiger partial charge in [-0.1, -0.05) is 32.6 Å². The van der Waals surface area contributed by atoms with E-state index in [4.69, 9.17) is 4.74 Å². The molecule has 0 aromatic carbocycles. The first kappa shape index (κ1) is 14.2. The molecule has 0 spiro atoms. The zero-order chi connectivity index (χ0) is 13.9. The Morgan fingerprint density at radius 1 is 1.00 bits per heavy atom. The molecule has 0 amide bonds. The van der Waals surface area contributed by atoms with E-state index in [-0.39, 0.29) is 5.97 Å². The lowest BCUT2D eigenvalue weighted by atomic mass is 9.68. The topological polar surface area (TPSA) is 26.3 Å². The minimum atomic E-state index is -0.142. The Labute approximate surface area is 123 Å². The van der Waals surface area contributed by atoms with E-state index in [1.165, 1.54) is 64.2 Å². The van der Waals surface area contributed by atoms with Crippen LogP contribution in [-0.2, 0) is 9.53 Å². The van der Waals surface area contributed by atoms with Gasteiger partial charge in [-0.05, 0) is 56.3 Å². The van der Waals surface area contributed by atoms with Crippen LogP contribution >= 0.6 is 0 Å². The predicted molar refractivity (Wildman–Crippen MR) is 80.0 cm³/mol. The van der Waals surface area contributed by atoms with Gasteiger partial charge in [-0.2, -0.15) is 0 Å². The predicted octanol–water partition coefficient (Wildman–Crippen LogP) is 4.84. The molecule has 2 saturated carbocycles. The highest BCUT2D eigenvalue weighted by atomic mass is 16.6. The molecule has 0 atom stereocenters. The molecule has 1 heterocycles. The van der Waals surface area contributed by atoms with Crippen LogP contribution in [0, 0.1) is 23.7 Å².